The van der Waals surface area contributed by atoms with Gasteiger partial charge < -0.3 is 15.4 Å². The fourth-order valence-electron chi connectivity index (χ4n) is 2.35. The molecule has 0 radical (unpaired) electrons. The van der Waals surface area contributed by atoms with E-state index in [4.69, 9.17) is 4.74 Å². The Morgan fingerprint density at radius 3 is 3.14 bits per heavy atom. The van der Waals surface area contributed by atoms with Crippen LogP contribution in [-0.2, 0) is 16.1 Å². The van der Waals surface area contributed by atoms with Crippen molar-refractivity contribution in [1.29, 1.82) is 0 Å². The third-order valence-electron chi connectivity index (χ3n) is 3.52. The Bertz CT molecular complexity index is 467. The lowest BCUT2D eigenvalue weighted by Crippen LogP contribution is -2.53. The summed E-state index contributed by atoms with van der Waals surface area (Å²) < 4.78 is 5.46. The van der Waals surface area contributed by atoms with Gasteiger partial charge in [0.1, 0.15) is 11.9 Å². The predicted octanol–water partition coefficient (Wildman–Crippen LogP) is 0.850. The summed E-state index contributed by atoms with van der Waals surface area (Å²) in [5, 5.41) is 5.98. The molecule has 2 heterocycles. The van der Waals surface area contributed by atoms with Crippen LogP contribution in [0.25, 0.3) is 0 Å². The van der Waals surface area contributed by atoms with Crippen LogP contribution < -0.4 is 10.6 Å². The van der Waals surface area contributed by atoms with Gasteiger partial charge in [0.25, 0.3) is 0 Å². The van der Waals surface area contributed by atoms with Crippen molar-refractivity contribution >= 4 is 11.7 Å². The number of nitrogens with one attached hydrogen (secondary N) is 2. The zero-order chi connectivity index (χ0) is 15.1. The van der Waals surface area contributed by atoms with Crippen molar-refractivity contribution in [2.24, 2.45) is 0 Å². The molecule has 1 amide bonds. The summed E-state index contributed by atoms with van der Waals surface area (Å²) in [5.41, 5.74) is 0.956. The van der Waals surface area contributed by atoms with Crippen LogP contribution in [0, 0.1) is 0 Å². The van der Waals surface area contributed by atoms with Crippen molar-refractivity contribution in [2.75, 3.05) is 38.7 Å². The Balaban J connectivity index is 2.02. The summed E-state index contributed by atoms with van der Waals surface area (Å²) in [5.74, 6) is 0.883. The fraction of sp³-hybridized carbons (Fsp3) is 0.600. The maximum atomic E-state index is 12.2. The van der Waals surface area contributed by atoms with Gasteiger partial charge in [0, 0.05) is 26.7 Å². The van der Waals surface area contributed by atoms with Crippen molar-refractivity contribution in [3.05, 3.63) is 23.9 Å². The normalized spacial score (nSPS) is 19.2. The highest BCUT2D eigenvalue weighted by Crippen LogP contribution is 2.13. The Labute approximate surface area is 125 Å². The smallest absolute Gasteiger partial charge is 0.239 e. The van der Waals surface area contributed by atoms with Crippen LogP contribution >= 0.6 is 0 Å². The van der Waals surface area contributed by atoms with Gasteiger partial charge in [-0.1, -0.05) is 13.0 Å². The standard InChI is InChI=1S/C15H24N4O2/c1-3-7-17-15(20)13-11-21-9-8-19(13)10-12-5-4-6-14(16-2)18-12/h4-6,13H,3,7-11H2,1-2H3,(H,16,18)(H,17,20). The molecule has 116 valence electrons. The highest BCUT2D eigenvalue weighted by molar-refractivity contribution is 5.82. The number of morpholine rings is 1. The topological polar surface area (TPSA) is 66.5 Å². The van der Waals surface area contributed by atoms with Crippen molar-refractivity contribution < 1.29 is 9.53 Å². The zero-order valence-corrected chi connectivity index (χ0v) is 12.8. The van der Waals surface area contributed by atoms with Gasteiger partial charge in [-0.15, -0.1) is 0 Å². The third-order valence-corrected chi connectivity index (χ3v) is 3.52. The lowest BCUT2D eigenvalue weighted by Gasteiger charge is -2.34. The van der Waals surface area contributed by atoms with E-state index in [1.54, 1.807) is 0 Å². The molecule has 6 nitrogen and oxygen atoms in total. The second kappa shape index (κ2) is 7.95. The first-order valence-corrected chi connectivity index (χ1v) is 7.47. The van der Waals surface area contributed by atoms with E-state index in [0.29, 0.717) is 26.3 Å². The van der Waals surface area contributed by atoms with E-state index >= 15 is 0 Å². The molecule has 0 aromatic carbocycles. The highest BCUT2D eigenvalue weighted by Gasteiger charge is 2.29. The van der Waals surface area contributed by atoms with E-state index in [-0.39, 0.29) is 11.9 Å². The molecule has 1 aromatic heterocycles. The molecule has 0 aliphatic carbocycles. The van der Waals surface area contributed by atoms with Gasteiger partial charge in [0.15, 0.2) is 0 Å². The number of carbonyl (C=O) groups is 1. The van der Waals surface area contributed by atoms with E-state index < -0.39 is 0 Å². The van der Waals surface area contributed by atoms with Gasteiger partial charge in [-0.25, -0.2) is 4.98 Å². The number of pyridine rings is 1. The molecule has 21 heavy (non-hydrogen) atoms. The molecule has 6 heteroatoms. The molecule has 0 saturated carbocycles. The van der Waals surface area contributed by atoms with Crippen molar-refractivity contribution in [1.82, 2.24) is 15.2 Å². The zero-order valence-electron chi connectivity index (χ0n) is 12.8. The molecule has 2 rings (SSSR count). The number of nitrogens with zero attached hydrogens (tertiary/aromatic N) is 2. The second-order valence-electron chi connectivity index (χ2n) is 5.12. The number of carbonyl (C=O) groups excluding carboxylic acids is 1. The fourth-order valence-corrected chi connectivity index (χ4v) is 2.35. The first-order valence-electron chi connectivity index (χ1n) is 7.47. The molecule has 0 bridgehead atoms. The lowest BCUT2D eigenvalue weighted by molar-refractivity contribution is -0.133. The number of hydrogen-bond donors (Lipinski definition) is 2. The van der Waals surface area contributed by atoms with Crippen molar-refractivity contribution in [2.45, 2.75) is 25.9 Å². The summed E-state index contributed by atoms with van der Waals surface area (Å²) in [6.07, 6.45) is 0.936. The SMILES string of the molecule is CCCNC(=O)C1COCCN1Cc1cccc(NC)n1. The molecule has 1 aromatic rings. The van der Waals surface area contributed by atoms with Crippen LogP contribution in [0.15, 0.2) is 18.2 Å². The van der Waals surface area contributed by atoms with Crippen molar-refractivity contribution in [3.8, 4) is 0 Å². The van der Waals surface area contributed by atoms with Crippen LogP contribution in [-0.4, -0.2) is 55.2 Å². The number of hydrogen-bond acceptors (Lipinski definition) is 5. The number of amides is 1. The molecule has 1 aliphatic heterocycles. The predicted molar refractivity (Wildman–Crippen MR) is 82.1 cm³/mol. The number of rotatable bonds is 6. The van der Waals surface area contributed by atoms with E-state index in [2.05, 4.69) is 20.5 Å². The van der Waals surface area contributed by atoms with Crippen LogP contribution in [0.5, 0.6) is 0 Å². The van der Waals surface area contributed by atoms with Gasteiger partial charge in [-0.3, -0.25) is 9.69 Å². The Morgan fingerprint density at radius 2 is 2.38 bits per heavy atom. The Kier molecular flexibility index (Phi) is 5.95. The van der Waals surface area contributed by atoms with E-state index in [0.717, 1.165) is 24.5 Å². The first-order chi connectivity index (χ1) is 10.2. The molecule has 0 spiro atoms. The van der Waals surface area contributed by atoms with Gasteiger partial charge in [-0.05, 0) is 18.6 Å². The van der Waals surface area contributed by atoms with E-state index in [9.17, 15) is 4.79 Å². The summed E-state index contributed by atoms with van der Waals surface area (Å²) in [4.78, 5) is 18.9. The summed E-state index contributed by atoms with van der Waals surface area (Å²) in [6, 6.07) is 5.65. The van der Waals surface area contributed by atoms with Crippen molar-refractivity contribution in [3.63, 3.8) is 0 Å². The molecule has 1 unspecified atom stereocenters. The van der Waals surface area contributed by atoms with E-state index in [1.807, 2.05) is 32.2 Å². The number of anilines is 1. The van der Waals surface area contributed by atoms with Crippen LogP contribution in [0.3, 0.4) is 0 Å². The monoisotopic (exact) mass is 292 g/mol. The first kappa shape index (κ1) is 15.7. The second-order valence-corrected chi connectivity index (χ2v) is 5.12. The van der Waals surface area contributed by atoms with Crippen LogP contribution in [0.1, 0.15) is 19.0 Å². The summed E-state index contributed by atoms with van der Waals surface area (Å²) >= 11 is 0. The quantitative estimate of drug-likeness (QED) is 0.814. The summed E-state index contributed by atoms with van der Waals surface area (Å²) in [7, 11) is 1.85. The van der Waals surface area contributed by atoms with Crippen LogP contribution in [0.2, 0.25) is 0 Å². The molecule has 1 saturated heterocycles. The minimum absolute atomic E-state index is 0.0429. The largest absolute Gasteiger partial charge is 0.378 e. The highest BCUT2D eigenvalue weighted by atomic mass is 16.5. The average molecular weight is 292 g/mol. The maximum Gasteiger partial charge on any atom is 0.239 e. The van der Waals surface area contributed by atoms with Gasteiger partial charge in [-0.2, -0.15) is 0 Å². The summed E-state index contributed by atoms with van der Waals surface area (Å²) in [6.45, 7) is 5.25. The lowest BCUT2D eigenvalue weighted by atomic mass is 10.2. The molecule has 2 N–H and O–H groups in total. The van der Waals surface area contributed by atoms with Gasteiger partial charge in [0.05, 0.1) is 18.9 Å². The number of aromatic nitrogens is 1. The molecule has 1 aliphatic rings. The number of ether oxygens (including phenoxy) is 1. The molecule has 1 atom stereocenters. The van der Waals surface area contributed by atoms with Gasteiger partial charge in [0.2, 0.25) is 5.91 Å². The minimum Gasteiger partial charge on any atom is -0.378 e. The Hall–Kier alpha value is -1.66. The minimum atomic E-state index is -0.231. The third kappa shape index (κ3) is 4.41. The van der Waals surface area contributed by atoms with Crippen LogP contribution in [0.4, 0.5) is 5.82 Å². The average Bonchev–Trinajstić information content (AvgIpc) is 2.53. The van der Waals surface area contributed by atoms with Gasteiger partial charge >= 0.3 is 0 Å². The maximum absolute atomic E-state index is 12.2. The Morgan fingerprint density at radius 1 is 1.52 bits per heavy atom. The molecule has 1 fully saturated rings. The van der Waals surface area contributed by atoms with E-state index in [1.165, 1.54) is 0 Å². The molecular formula is C15H24N4O2. The molecular weight excluding hydrogens is 268 g/mol.